The zero-order chi connectivity index (χ0) is 17.6. The van der Waals surface area contributed by atoms with E-state index < -0.39 is 0 Å². The minimum Gasteiger partial charge on any atom is -0.496 e. The minimum atomic E-state index is 0.483. The summed E-state index contributed by atoms with van der Waals surface area (Å²) in [5.74, 6) is 1.75. The highest BCUT2D eigenvalue weighted by atomic mass is 79.9. The second kappa shape index (κ2) is 8.90. The molecule has 2 fully saturated rings. The molecular formula is C19H29BrN4O. The van der Waals surface area contributed by atoms with Gasteiger partial charge in [-0.3, -0.25) is 9.89 Å². The Kier molecular flexibility index (Phi) is 6.59. The molecule has 0 aromatic heterocycles. The molecule has 138 valence electrons. The molecule has 0 spiro atoms. The number of aliphatic imine (C=N–C) groups is 1. The Bertz CT molecular complexity index is 601. The maximum absolute atomic E-state index is 5.44. The summed E-state index contributed by atoms with van der Waals surface area (Å²) in [6, 6.07) is 7.35. The molecule has 25 heavy (non-hydrogen) atoms. The molecule has 0 radical (unpaired) electrons. The summed E-state index contributed by atoms with van der Waals surface area (Å²) in [7, 11) is 3.53. The monoisotopic (exact) mass is 408 g/mol. The van der Waals surface area contributed by atoms with Crippen LogP contribution in [0.4, 0.5) is 0 Å². The minimum absolute atomic E-state index is 0.483. The summed E-state index contributed by atoms with van der Waals surface area (Å²) in [6.07, 6.45) is 6.75. The third-order valence-electron chi connectivity index (χ3n) is 5.31. The lowest BCUT2D eigenvalue weighted by Gasteiger charge is -2.24. The van der Waals surface area contributed by atoms with Gasteiger partial charge in [0.15, 0.2) is 5.96 Å². The highest BCUT2D eigenvalue weighted by molar-refractivity contribution is 9.10. The van der Waals surface area contributed by atoms with Gasteiger partial charge in [0.25, 0.3) is 0 Å². The largest absolute Gasteiger partial charge is 0.496 e. The number of benzene rings is 1. The third kappa shape index (κ3) is 4.88. The Morgan fingerprint density at radius 2 is 2.12 bits per heavy atom. The summed E-state index contributed by atoms with van der Waals surface area (Å²) in [5, 5.41) is 7.00. The van der Waals surface area contributed by atoms with Gasteiger partial charge in [0, 0.05) is 48.8 Å². The average Bonchev–Trinajstić information content (AvgIpc) is 3.30. The van der Waals surface area contributed by atoms with Crippen LogP contribution in [0.1, 0.15) is 37.7 Å². The topological polar surface area (TPSA) is 48.9 Å². The molecule has 1 aromatic rings. The second-order valence-electron chi connectivity index (χ2n) is 6.95. The molecule has 3 rings (SSSR count). The number of nitrogens with zero attached hydrogens (tertiary/aromatic N) is 2. The average molecular weight is 409 g/mol. The quantitative estimate of drug-likeness (QED) is 0.580. The standard InChI is InChI=1S/C19H29BrN4O/c1-21-19(22-12-14-11-15(20)7-8-18(14)25-2)23-16-9-10-24(13-16)17-5-3-4-6-17/h7-8,11,16-17H,3-6,9-10,12-13H2,1-2H3,(H2,21,22,23). The maximum atomic E-state index is 5.44. The Hall–Kier alpha value is -1.27. The van der Waals surface area contributed by atoms with Gasteiger partial charge in [-0.05, 0) is 37.5 Å². The summed E-state index contributed by atoms with van der Waals surface area (Å²) >= 11 is 3.52. The van der Waals surface area contributed by atoms with E-state index in [0.29, 0.717) is 12.6 Å². The highest BCUT2D eigenvalue weighted by Gasteiger charge is 2.30. The Labute approximate surface area is 159 Å². The van der Waals surface area contributed by atoms with Crippen LogP contribution in [-0.4, -0.2) is 50.2 Å². The second-order valence-corrected chi connectivity index (χ2v) is 7.86. The van der Waals surface area contributed by atoms with Crippen LogP contribution in [0.15, 0.2) is 27.7 Å². The van der Waals surface area contributed by atoms with E-state index in [1.54, 1.807) is 7.11 Å². The molecule has 1 aliphatic carbocycles. The van der Waals surface area contributed by atoms with Crippen LogP contribution in [0.2, 0.25) is 0 Å². The molecular weight excluding hydrogens is 380 g/mol. The molecule has 1 aromatic carbocycles. The summed E-state index contributed by atoms with van der Waals surface area (Å²) in [6.45, 7) is 3.02. The van der Waals surface area contributed by atoms with Crippen LogP contribution in [0.5, 0.6) is 5.75 Å². The van der Waals surface area contributed by atoms with Crippen molar-refractivity contribution in [2.75, 3.05) is 27.2 Å². The molecule has 1 atom stereocenters. The number of hydrogen-bond acceptors (Lipinski definition) is 3. The van der Waals surface area contributed by atoms with Crippen LogP contribution < -0.4 is 15.4 Å². The SMILES string of the molecule is CN=C(NCc1cc(Br)ccc1OC)NC1CCN(C2CCCC2)C1. The first kappa shape index (κ1) is 18.5. The zero-order valence-corrected chi connectivity index (χ0v) is 16.8. The molecule has 1 saturated heterocycles. The van der Waals surface area contributed by atoms with Crippen LogP contribution in [-0.2, 0) is 6.54 Å². The van der Waals surface area contributed by atoms with Crippen LogP contribution >= 0.6 is 15.9 Å². The van der Waals surface area contributed by atoms with Gasteiger partial charge in [-0.1, -0.05) is 28.8 Å². The number of hydrogen-bond donors (Lipinski definition) is 2. The number of likely N-dealkylation sites (tertiary alicyclic amines) is 1. The molecule has 1 heterocycles. The lowest BCUT2D eigenvalue weighted by Crippen LogP contribution is -2.45. The van der Waals surface area contributed by atoms with Crippen molar-refractivity contribution in [2.45, 2.75) is 50.7 Å². The zero-order valence-electron chi connectivity index (χ0n) is 15.2. The summed E-state index contributed by atoms with van der Waals surface area (Å²) in [5.41, 5.74) is 1.11. The van der Waals surface area contributed by atoms with E-state index in [1.807, 2.05) is 19.2 Å². The fraction of sp³-hybridized carbons (Fsp3) is 0.632. The van der Waals surface area contributed by atoms with E-state index in [-0.39, 0.29) is 0 Å². The van der Waals surface area contributed by atoms with Crippen molar-refractivity contribution in [1.82, 2.24) is 15.5 Å². The van der Waals surface area contributed by atoms with E-state index in [1.165, 1.54) is 38.6 Å². The molecule has 0 amide bonds. The van der Waals surface area contributed by atoms with Crippen LogP contribution in [0, 0.1) is 0 Å². The highest BCUT2D eigenvalue weighted by Crippen LogP contribution is 2.26. The first-order valence-corrected chi connectivity index (χ1v) is 10.0. The predicted octanol–water partition coefficient (Wildman–Crippen LogP) is 3.14. The van der Waals surface area contributed by atoms with Crippen molar-refractivity contribution in [1.29, 1.82) is 0 Å². The maximum Gasteiger partial charge on any atom is 0.191 e. The first-order chi connectivity index (χ1) is 12.2. The number of ether oxygens (including phenoxy) is 1. The number of nitrogens with one attached hydrogen (secondary N) is 2. The van der Waals surface area contributed by atoms with Crippen molar-refractivity contribution < 1.29 is 4.74 Å². The Morgan fingerprint density at radius 3 is 2.84 bits per heavy atom. The Balaban J connectivity index is 1.51. The van der Waals surface area contributed by atoms with Gasteiger partial charge in [0.2, 0.25) is 0 Å². The van der Waals surface area contributed by atoms with E-state index >= 15 is 0 Å². The van der Waals surface area contributed by atoms with Crippen molar-refractivity contribution in [3.05, 3.63) is 28.2 Å². The molecule has 1 unspecified atom stereocenters. The molecule has 1 aliphatic heterocycles. The molecule has 6 heteroatoms. The van der Waals surface area contributed by atoms with Crippen molar-refractivity contribution >= 4 is 21.9 Å². The normalized spacial score (nSPS) is 22.4. The van der Waals surface area contributed by atoms with Gasteiger partial charge < -0.3 is 15.4 Å². The number of guanidine groups is 1. The van der Waals surface area contributed by atoms with Crippen LogP contribution in [0.25, 0.3) is 0 Å². The van der Waals surface area contributed by atoms with Crippen molar-refractivity contribution in [3.63, 3.8) is 0 Å². The van der Waals surface area contributed by atoms with E-state index in [9.17, 15) is 0 Å². The van der Waals surface area contributed by atoms with E-state index in [4.69, 9.17) is 4.74 Å². The molecule has 5 nitrogen and oxygen atoms in total. The van der Waals surface area contributed by atoms with Gasteiger partial charge >= 0.3 is 0 Å². The first-order valence-electron chi connectivity index (χ1n) is 9.23. The van der Waals surface area contributed by atoms with Crippen molar-refractivity contribution in [2.24, 2.45) is 4.99 Å². The van der Waals surface area contributed by atoms with E-state index in [2.05, 4.69) is 42.5 Å². The van der Waals surface area contributed by atoms with Gasteiger partial charge in [0.05, 0.1) is 7.11 Å². The van der Waals surface area contributed by atoms with Crippen molar-refractivity contribution in [3.8, 4) is 5.75 Å². The molecule has 2 aliphatic rings. The Morgan fingerprint density at radius 1 is 1.32 bits per heavy atom. The lowest BCUT2D eigenvalue weighted by atomic mass is 10.2. The fourth-order valence-corrected chi connectivity index (χ4v) is 4.37. The van der Waals surface area contributed by atoms with Gasteiger partial charge in [-0.15, -0.1) is 0 Å². The summed E-state index contributed by atoms with van der Waals surface area (Å²) < 4.78 is 6.49. The van der Waals surface area contributed by atoms with Gasteiger partial charge in [-0.25, -0.2) is 0 Å². The van der Waals surface area contributed by atoms with Gasteiger partial charge in [-0.2, -0.15) is 0 Å². The molecule has 1 saturated carbocycles. The van der Waals surface area contributed by atoms with E-state index in [0.717, 1.165) is 34.3 Å². The van der Waals surface area contributed by atoms with Crippen LogP contribution in [0.3, 0.4) is 0 Å². The smallest absolute Gasteiger partial charge is 0.191 e. The third-order valence-corrected chi connectivity index (χ3v) is 5.81. The number of rotatable bonds is 5. The molecule has 2 N–H and O–H groups in total. The van der Waals surface area contributed by atoms with Gasteiger partial charge in [0.1, 0.15) is 5.75 Å². The predicted molar refractivity (Wildman–Crippen MR) is 106 cm³/mol. The molecule has 0 bridgehead atoms. The summed E-state index contributed by atoms with van der Waals surface area (Å²) in [4.78, 5) is 7.05. The fourth-order valence-electron chi connectivity index (χ4n) is 3.96. The number of methoxy groups -OCH3 is 1. The lowest BCUT2D eigenvalue weighted by molar-refractivity contribution is 0.242. The number of halogens is 1.